The van der Waals surface area contributed by atoms with E-state index in [0.717, 1.165) is 5.56 Å². The Morgan fingerprint density at radius 2 is 2.00 bits per heavy atom. The van der Waals surface area contributed by atoms with Crippen molar-refractivity contribution in [2.45, 2.75) is 12.5 Å². The van der Waals surface area contributed by atoms with Crippen LogP contribution in [0.15, 0.2) is 43.0 Å². The maximum atomic E-state index is 9.36. The van der Waals surface area contributed by atoms with Crippen molar-refractivity contribution < 1.29 is 0 Å². The molecule has 0 aliphatic heterocycles. The minimum atomic E-state index is -0.259. The van der Waals surface area contributed by atoms with Crippen molar-refractivity contribution in [3.05, 3.63) is 48.5 Å². The average Bonchev–Trinajstić information content (AvgIpc) is 2.90. The van der Waals surface area contributed by atoms with Crippen LogP contribution in [0.2, 0.25) is 0 Å². The molecule has 0 fully saturated rings. The Hall–Kier alpha value is -2.94. The molecule has 0 saturated heterocycles. The minimum Gasteiger partial charge on any atom is -0.382 e. The summed E-state index contributed by atoms with van der Waals surface area (Å²) in [6.07, 6.45) is 3.04. The second-order valence-electron chi connectivity index (χ2n) is 4.42. The Morgan fingerprint density at radius 3 is 2.75 bits per heavy atom. The zero-order valence-corrected chi connectivity index (χ0v) is 10.6. The van der Waals surface area contributed by atoms with E-state index in [1.54, 1.807) is 6.33 Å². The number of anilines is 1. The number of nitrogens with two attached hydrogens (primary N) is 1. The van der Waals surface area contributed by atoms with Gasteiger partial charge in [-0.3, -0.25) is 0 Å². The maximum Gasteiger partial charge on any atom is 0.165 e. The van der Waals surface area contributed by atoms with Gasteiger partial charge in [-0.25, -0.2) is 15.0 Å². The molecule has 6 heteroatoms. The molecule has 0 spiro atoms. The van der Waals surface area contributed by atoms with Crippen LogP contribution in [0.1, 0.15) is 11.5 Å². The molecule has 0 bridgehead atoms. The van der Waals surface area contributed by atoms with Gasteiger partial charge in [0.15, 0.2) is 11.5 Å². The predicted molar refractivity (Wildman–Crippen MR) is 74.5 cm³/mol. The molecule has 0 amide bonds. The summed E-state index contributed by atoms with van der Waals surface area (Å²) in [7, 11) is 0. The summed E-state index contributed by atoms with van der Waals surface area (Å²) >= 11 is 0. The van der Waals surface area contributed by atoms with E-state index >= 15 is 0 Å². The second kappa shape index (κ2) is 4.97. The number of imidazole rings is 1. The third kappa shape index (κ3) is 2.06. The summed E-state index contributed by atoms with van der Waals surface area (Å²) in [6.45, 7) is 0.480. The molecule has 1 unspecified atom stereocenters. The Bertz CT molecular complexity index is 771. The van der Waals surface area contributed by atoms with Crippen molar-refractivity contribution >= 4 is 17.0 Å². The number of aromatic nitrogens is 4. The Morgan fingerprint density at radius 1 is 1.20 bits per heavy atom. The molecule has 3 aromatic rings. The highest BCUT2D eigenvalue weighted by Gasteiger charge is 2.14. The van der Waals surface area contributed by atoms with Gasteiger partial charge in [0.2, 0.25) is 0 Å². The van der Waals surface area contributed by atoms with Crippen molar-refractivity contribution in [2.75, 3.05) is 5.73 Å². The number of hydrogen-bond donors (Lipinski definition) is 1. The first-order chi connectivity index (χ1) is 9.79. The lowest BCUT2D eigenvalue weighted by Crippen LogP contribution is -2.07. The van der Waals surface area contributed by atoms with Crippen molar-refractivity contribution in [3.63, 3.8) is 0 Å². The molecule has 2 N–H and O–H groups in total. The van der Waals surface area contributed by atoms with Crippen molar-refractivity contribution in [2.24, 2.45) is 0 Å². The molecule has 2 aromatic heterocycles. The first-order valence-corrected chi connectivity index (χ1v) is 6.15. The van der Waals surface area contributed by atoms with Crippen LogP contribution in [-0.4, -0.2) is 19.5 Å². The topological polar surface area (TPSA) is 93.4 Å². The zero-order valence-electron chi connectivity index (χ0n) is 10.6. The number of hydrogen-bond acceptors (Lipinski definition) is 5. The molecule has 1 aromatic carbocycles. The molecule has 98 valence electrons. The molecule has 20 heavy (non-hydrogen) atoms. The quantitative estimate of drug-likeness (QED) is 0.777. The van der Waals surface area contributed by atoms with Gasteiger partial charge in [-0.05, 0) is 5.56 Å². The molecule has 0 aliphatic carbocycles. The monoisotopic (exact) mass is 264 g/mol. The van der Waals surface area contributed by atoms with Gasteiger partial charge < -0.3 is 10.3 Å². The fraction of sp³-hybridized carbons (Fsp3) is 0.143. The zero-order chi connectivity index (χ0) is 13.9. The van der Waals surface area contributed by atoms with E-state index in [0.29, 0.717) is 23.5 Å². The van der Waals surface area contributed by atoms with E-state index in [1.807, 2.05) is 34.9 Å². The van der Waals surface area contributed by atoms with Crippen LogP contribution in [0.3, 0.4) is 0 Å². The van der Waals surface area contributed by atoms with E-state index in [-0.39, 0.29) is 5.92 Å². The van der Waals surface area contributed by atoms with Crippen LogP contribution < -0.4 is 5.73 Å². The van der Waals surface area contributed by atoms with Crippen LogP contribution in [-0.2, 0) is 6.54 Å². The van der Waals surface area contributed by atoms with E-state index in [1.165, 1.54) is 6.33 Å². The SMILES string of the molecule is N#CC(Cn1cnc2c(N)ncnc21)c1ccccc1. The lowest BCUT2D eigenvalue weighted by atomic mass is 10.0. The summed E-state index contributed by atoms with van der Waals surface area (Å²) in [5.74, 6) is 0.0896. The number of nitrogen functional groups attached to an aromatic ring is 1. The largest absolute Gasteiger partial charge is 0.382 e. The second-order valence-corrected chi connectivity index (χ2v) is 4.42. The molecular weight excluding hydrogens is 252 g/mol. The standard InChI is InChI=1S/C14H12N6/c15-6-11(10-4-2-1-3-5-10)7-20-9-19-12-13(16)17-8-18-14(12)20/h1-5,8-9,11H,7H2,(H2,16,17,18). The molecule has 0 saturated carbocycles. The maximum absolute atomic E-state index is 9.36. The summed E-state index contributed by atoms with van der Waals surface area (Å²) in [5.41, 5.74) is 7.94. The number of rotatable bonds is 3. The van der Waals surface area contributed by atoms with Crippen LogP contribution in [0.25, 0.3) is 11.2 Å². The van der Waals surface area contributed by atoms with Gasteiger partial charge in [0.25, 0.3) is 0 Å². The van der Waals surface area contributed by atoms with E-state index in [2.05, 4.69) is 21.0 Å². The van der Waals surface area contributed by atoms with Gasteiger partial charge in [0, 0.05) is 6.54 Å². The molecule has 0 aliphatic rings. The summed E-state index contributed by atoms with van der Waals surface area (Å²) in [6, 6.07) is 12.0. The van der Waals surface area contributed by atoms with Gasteiger partial charge >= 0.3 is 0 Å². The Labute approximate surface area is 115 Å². The third-order valence-electron chi connectivity index (χ3n) is 3.17. The summed E-state index contributed by atoms with van der Waals surface area (Å²) < 4.78 is 1.83. The highest BCUT2D eigenvalue weighted by molar-refractivity contribution is 5.81. The third-order valence-corrected chi connectivity index (χ3v) is 3.17. The number of benzene rings is 1. The molecular formula is C14H12N6. The number of fused-ring (bicyclic) bond motifs is 1. The van der Waals surface area contributed by atoms with Gasteiger partial charge in [0.05, 0.1) is 18.3 Å². The highest BCUT2D eigenvalue weighted by atomic mass is 15.1. The first-order valence-electron chi connectivity index (χ1n) is 6.15. The highest BCUT2D eigenvalue weighted by Crippen LogP contribution is 2.20. The number of nitriles is 1. The fourth-order valence-corrected chi connectivity index (χ4v) is 2.14. The van der Waals surface area contributed by atoms with Crippen LogP contribution >= 0.6 is 0 Å². The normalized spacial score (nSPS) is 12.2. The van der Waals surface area contributed by atoms with Crippen LogP contribution in [0.5, 0.6) is 0 Å². The molecule has 2 heterocycles. The van der Waals surface area contributed by atoms with Gasteiger partial charge in [-0.15, -0.1) is 0 Å². The Balaban J connectivity index is 1.97. The molecule has 6 nitrogen and oxygen atoms in total. The first kappa shape index (κ1) is 12.1. The lowest BCUT2D eigenvalue weighted by Gasteiger charge is -2.10. The summed E-state index contributed by atoms with van der Waals surface area (Å²) in [4.78, 5) is 12.3. The van der Waals surface area contributed by atoms with Crippen LogP contribution in [0, 0.1) is 11.3 Å². The smallest absolute Gasteiger partial charge is 0.165 e. The van der Waals surface area contributed by atoms with Crippen LogP contribution in [0.4, 0.5) is 5.82 Å². The van der Waals surface area contributed by atoms with Gasteiger partial charge in [-0.2, -0.15) is 5.26 Å². The van der Waals surface area contributed by atoms with E-state index < -0.39 is 0 Å². The summed E-state index contributed by atoms with van der Waals surface area (Å²) in [5, 5.41) is 9.36. The van der Waals surface area contributed by atoms with Crippen molar-refractivity contribution in [3.8, 4) is 6.07 Å². The molecule has 0 radical (unpaired) electrons. The van der Waals surface area contributed by atoms with E-state index in [9.17, 15) is 5.26 Å². The van der Waals surface area contributed by atoms with Crippen molar-refractivity contribution in [1.82, 2.24) is 19.5 Å². The van der Waals surface area contributed by atoms with Gasteiger partial charge in [0.1, 0.15) is 11.8 Å². The number of nitrogens with zero attached hydrogens (tertiary/aromatic N) is 5. The van der Waals surface area contributed by atoms with Crippen molar-refractivity contribution in [1.29, 1.82) is 5.26 Å². The fourth-order valence-electron chi connectivity index (χ4n) is 2.14. The molecule has 1 atom stereocenters. The van der Waals surface area contributed by atoms with E-state index in [4.69, 9.17) is 5.73 Å². The lowest BCUT2D eigenvalue weighted by molar-refractivity contribution is 0.656. The Kier molecular flexibility index (Phi) is 3.01. The predicted octanol–water partition coefficient (Wildman–Crippen LogP) is 1.72. The minimum absolute atomic E-state index is 0.259. The van der Waals surface area contributed by atoms with Gasteiger partial charge in [-0.1, -0.05) is 30.3 Å². The molecule has 3 rings (SSSR count). The average molecular weight is 264 g/mol.